The van der Waals surface area contributed by atoms with E-state index in [4.69, 9.17) is 11.6 Å². The van der Waals surface area contributed by atoms with Crippen LogP contribution in [-0.2, 0) is 0 Å². The molecule has 0 spiro atoms. The highest BCUT2D eigenvalue weighted by Gasteiger charge is 2.54. The van der Waals surface area contributed by atoms with Crippen molar-refractivity contribution in [1.29, 1.82) is 0 Å². The van der Waals surface area contributed by atoms with Gasteiger partial charge in [-0.1, -0.05) is 57.0 Å². The third kappa shape index (κ3) is 2.60. The summed E-state index contributed by atoms with van der Waals surface area (Å²) in [5.74, 6) is 0.0928. The molecule has 0 bridgehead atoms. The van der Waals surface area contributed by atoms with E-state index in [1.165, 1.54) is 12.8 Å². The summed E-state index contributed by atoms with van der Waals surface area (Å²) in [5.41, 5.74) is 0.245. The topological polar surface area (TPSA) is 23.5 Å². The molecule has 2 aliphatic heterocycles. The molecule has 1 aromatic carbocycles. The Bertz CT molecular complexity index is 538. The van der Waals surface area contributed by atoms with Crippen molar-refractivity contribution in [2.45, 2.75) is 64.0 Å². The first-order chi connectivity index (χ1) is 10.3. The fourth-order valence-electron chi connectivity index (χ4n) is 4.49. The van der Waals surface area contributed by atoms with Gasteiger partial charge in [0.1, 0.15) is 0 Å². The van der Waals surface area contributed by atoms with Crippen LogP contribution in [0, 0.1) is 5.41 Å². The molecule has 0 saturated carbocycles. The zero-order chi connectivity index (χ0) is 16.0. The molecule has 2 saturated heterocycles. The summed E-state index contributed by atoms with van der Waals surface area (Å²) in [5, 5.41) is 12.5. The molecule has 3 rings (SSSR count). The van der Waals surface area contributed by atoms with Gasteiger partial charge >= 0.3 is 0 Å². The summed E-state index contributed by atoms with van der Waals surface area (Å²) < 4.78 is 0. The van der Waals surface area contributed by atoms with Crippen LogP contribution in [0.15, 0.2) is 24.3 Å². The van der Waals surface area contributed by atoms with Crippen molar-refractivity contribution in [2.24, 2.45) is 5.41 Å². The minimum absolute atomic E-state index is 0.0928. The van der Waals surface area contributed by atoms with Crippen LogP contribution in [0.25, 0.3) is 0 Å². The van der Waals surface area contributed by atoms with Gasteiger partial charge < -0.3 is 5.11 Å². The molecule has 0 aromatic heterocycles. The van der Waals surface area contributed by atoms with Gasteiger partial charge in [-0.05, 0) is 42.9 Å². The molecule has 0 aliphatic carbocycles. The van der Waals surface area contributed by atoms with Gasteiger partial charge in [-0.15, -0.1) is 0 Å². The number of rotatable bonds is 1. The summed E-state index contributed by atoms with van der Waals surface area (Å²) >= 11 is 6.54. The predicted molar refractivity (Wildman–Crippen MR) is 92.4 cm³/mol. The smallest absolute Gasteiger partial charge is 0.0791 e. The van der Waals surface area contributed by atoms with Crippen LogP contribution in [0.1, 0.15) is 57.9 Å². The Morgan fingerprint density at radius 2 is 1.91 bits per heavy atom. The number of halogens is 1. The molecule has 0 amide bonds. The molecule has 2 heterocycles. The Kier molecular flexibility index (Phi) is 4.30. The quantitative estimate of drug-likeness (QED) is 0.825. The summed E-state index contributed by atoms with van der Waals surface area (Å²) in [6, 6.07) is 8.51. The summed E-state index contributed by atoms with van der Waals surface area (Å²) in [6.07, 6.45) is 4.51. The maximum atomic E-state index is 11.7. The average molecular weight is 322 g/mol. The fraction of sp³-hybridized carbons (Fsp3) is 0.684. The largest absolute Gasteiger partial charge is 0.389 e. The second kappa shape index (κ2) is 5.81. The highest BCUT2D eigenvalue weighted by Crippen LogP contribution is 2.52. The first-order valence-electron chi connectivity index (χ1n) is 8.55. The van der Waals surface area contributed by atoms with Crippen molar-refractivity contribution in [2.75, 3.05) is 13.1 Å². The van der Waals surface area contributed by atoms with Gasteiger partial charge in [-0.2, -0.15) is 0 Å². The van der Waals surface area contributed by atoms with Gasteiger partial charge in [0.15, 0.2) is 0 Å². The molecule has 122 valence electrons. The lowest BCUT2D eigenvalue weighted by atomic mass is 9.60. The molecule has 2 aliphatic rings. The van der Waals surface area contributed by atoms with Gasteiger partial charge in [-0.25, -0.2) is 0 Å². The molecule has 1 unspecified atom stereocenters. The molecule has 1 aromatic rings. The summed E-state index contributed by atoms with van der Waals surface area (Å²) in [7, 11) is 0. The second-order valence-corrected chi connectivity index (χ2v) is 8.43. The van der Waals surface area contributed by atoms with E-state index in [1.807, 2.05) is 18.2 Å². The van der Waals surface area contributed by atoms with Gasteiger partial charge in [0, 0.05) is 23.5 Å². The Morgan fingerprint density at radius 1 is 1.18 bits per heavy atom. The Balaban J connectivity index is 2.10. The van der Waals surface area contributed by atoms with Crippen LogP contribution in [0.4, 0.5) is 0 Å². The standard InChI is InChI=1S/C19H28ClNO/c1-18(2,3)19(22)11-13-21-12-7-6-10-16(21)17(19)14-8-4-5-9-15(14)20/h4-5,8-9,16-17,22H,6-7,10-13H2,1-3H3/t16-,17?,19-/m1/s1. The Morgan fingerprint density at radius 3 is 2.59 bits per heavy atom. The van der Waals surface area contributed by atoms with Crippen molar-refractivity contribution in [1.82, 2.24) is 4.90 Å². The summed E-state index contributed by atoms with van der Waals surface area (Å²) in [4.78, 5) is 2.58. The molecule has 22 heavy (non-hydrogen) atoms. The third-order valence-electron chi connectivity index (χ3n) is 5.88. The monoisotopic (exact) mass is 321 g/mol. The molecular formula is C19H28ClNO. The van der Waals surface area contributed by atoms with Crippen LogP contribution in [0.3, 0.4) is 0 Å². The lowest BCUT2D eigenvalue weighted by Gasteiger charge is -2.57. The van der Waals surface area contributed by atoms with E-state index in [9.17, 15) is 5.11 Å². The van der Waals surface area contributed by atoms with Crippen molar-refractivity contribution in [3.05, 3.63) is 34.9 Å². The highest BCUT2D eigenvalue weighted by molar-refractivity contribution is 6.31. The lowest BCUT2D eigenvalue weighted by molar-refractivity contribution is -0.140. The van der Waals surface area contributed by atoms with E-state index in [1.54, 1.807) is 0 Å². The molecular weight excluding hydrogens is 294 g/mol. The normalized spacial score (nSPS) is 33.5. The van der Waals surface area contributed by atoms with E-state index in [0.29, 0.717) is 6.04 Å². The van der Waals surface area contributed by atoms with E-state index < -0.39 is 5.60 Å². The van der Waals surface area contributed by atoms with E-state index in [2.05, 4.69) is 31.7 Å². The zero-order valence-electron chi connectivity index (χ0n) is 14.0. The maximum absolute atomic E-state index is 11.7. The van der Waals surface area contributed by atoms with Crippen LogP contribution >= 0.6 is 11.6 Å². The van der Waals surface area contributed by atoms with Crippen molar-refractivity contribution in [3.63, 3.8) is 0 Å². The number of hydrogen-bond donors (Lipinski definition) is 1. The van der Waals surface area contributed by atoms with Crippen molar-refractivity contribution < 1.29 is 5.11 Å². The average Bonchev–Trinajstić information content (AvgIpc) is 2.47. The Hall–Kier alpha value is -0.570. The molecule has 3 atom stereocenters. The van der Waals surface area contributed by atoms with Crippen molar-refractivity contribution in [3.8, 4) is 0 Å². The first kappa shape index (κ1) is 16.3. The minimum Gasteiger partial charge on any atom is -0.389 e. The number of piperidine rings is 2. The number of nitrogens with zero attached hydrogens (tertiary/aromatic N) is 1. The van der Waals surface area contributed by atoms with Crippen LogP contribution in [0.2, 0.25) is 5.02 Å². The third-order valence-corrected chi connectivity index (χ3v) is 6.23. The van der Waals surface area contributed by atoms with E-state index >= 15 is 0 Å². The molecule has 2 nitrogen and oxygen atoms in total. The first-order valence-corrected chi connectivity index (χ1v) is 8.93. The van der Waals surface area contributed by atoms with E-state index in [0.717, 1.165) is 36.5 Å². The van der Waals surface area contributed by atoms with Gasteiger partial charge in [0.25, 0.3) is 0 Å². The van der Waals surface area contributed by atoms with Gasteiger partial charge in [-0.3, -0.25) is 4.90 Å². The van der Waals surface area contributed by atoms with Crippen LogP contribution in [0.5, 0.6) is 0 Å². The zero-order valence-corrected chi connectivity index (χ0v) is 14.7. The Labute approximate surface area is 139 Å². The molecule has 1 N–H and O–H groups in total. The van der Waals surface area contributed by atoms with Crippen molar-refractivity contribution >= 4 is 11.6 Å². The molecule has 0 radical (unpaired) electrons. The van der Waals surface area contributed by atoms with Crippen LogP contribution in [-0.4, -0.2) is 34.7 Å². The maximum Gasteiger partial charge on any atom is 0.0791 e. The lowest BCUT2D eigenvalue weighted by Crippen LogP contribution is -2.62. The number of benzene rings is 1. The summed E-state index contributed by atoms with van der Waals surface area (Å²) in [6.45, 7) is 8.64. The predicted octanol–water partition coefficient (Wildman–Crippen LogP) is 4.46. The minimum atomic E-state index is -0.712. The molecule has 3 heteroatoms. The van der Waals surface area contributed by atoms with Gasteiger partial charge in [0.05, 0.1) is 5.60 Å². The number of hydrogen-bond acceptors (Lipinski definition) is 2. The van der Waals surface area contributed by atoms with Crippen LogP contribution < -0.4 is 0 Å². The fourth-order valence-corrected chi connectivity index (χ4v) is 4.75. The number of aliphatic hydroxyl groups is 1. The second-order valence-electron chi connectivity index (χ2n) is 8.02. The SMILES string of the molecule is CC(C)(C)[C@@]1(O)CCN2CCCC[C@@H]2C1c1ccccc1Cl. The van der Waals surface area contributed by atoms with E-state index in [-0.39, 0.29) is 11.3 Å². The number of fused-ring (bicyclic) bond motifs is 1. The molecule has 2 fully saturated rings. The van der Waals surface area contributed by atoms with Gasteiger partial charge in [0.2, 0.25) is 0 Å². The highest BCUT2D eigenvalue weighted by atomic mass is 35.5.